The number of amides is 1. The monoisotopic (exact) mass is 407 g/mol. The minimum atomic E-state index is -0.561. The Kier molecular flexibility index (Phi) is 6.05. The molecule has 3 atom stereocenters. The van der Waals surface area contributed by atoms with Gasteiger partial charge in [-0.25, -0.2) is 9.37 Å². The molecule has 3 heterocycles. The van der Waals surface area contributed by atoms with Crippen molar-refractivity contribution in [2.75, 3.05) is 27.3 Å². The van der Waals surface area contributed by atoms with Gasteiger partial charge in [0.2, 0.25) is 5.91 Å². The summed E-state index contributed by atoms with van der Waals surface area (Å²) in [6, 6.07) is 1.36. The third-order valence-electron chi connectivity index (χ3n) is 5.06. The zero-order chi connectivity index (χ0) is 20.4. The lowest BCUT2D eigenvalue weighted by Gasteiger charge is -2.41. The van der Waals surface area contributed by atoms with Crippen molar-refractivity contribution >= 4 is 23.2 Å². The van der Waals surface area contributed by atoms with Gasteiger partial charge in [0.05, 0.1) is 19.8 Å². The first-order chi connectivity index (χ1) is 13.4. The van der Waals surface area contributed by atoms with E-state index in [0.717, 1.165) is 5.57 Å². The molecule has 2 aliphatic rings. The van der Waals surface area contributed by atoms with E-state index >= 15 is 0 Å². The molecule has 1 fully saturated rings. The summed E-state index contributed by atoms with van der Waals surface area (Å²) in [6.45, 7) is 6.37. The predicted octanol–water partition coefficient (Wildman–Crippen LogP) is 2.81. The van der Waals surface area contributed by atoms with E-state index in [0.29, 0.717) is 24.4 Å². The van der Waals surface area contributed by atoms with Gasteiger partial charge < -0.3 is 19.3 Å². The van der Waals surface area contributed by atoms with Gasteiger partial charge in [0.1, 0.15) is 11.6 Å². The largest absolute Gasteiger partial charge is 0.479 e. The van der Waals surface area contributed by atoms with Crippen LogP contribution in [0.3, 0.4) is 0 Å². The third kappa shape index (κ3) is 3.64. The minimum Gasteiger partial charge on any atom is -0.479 e. The SMILES string of the molecule is C=CC(=O)N1CCO[C@H](C2=CC(Cl)N(C)C(c3ccnc(OC)c3F)=C2)[C@H]1C. The average Bonchev–Trinajstić information content (AvgIpc) is 2.70. The Bertz CT molecular complexity index is 842. The number of morpholine rings is 1. The van der Waals surface area contributed by atoms with Crippen molar-refractivity contribution in [3.05, 3.63) is 54.0 Å². The van der Waals surface area contributed by atoms with Crippen LogP contribution in [0.4, 0.5) is 4.39 Å². The van der Waals surface area contributed by atoms with Gasteiger partial charge in [-0.3, -0.25) is 4.79 Å². The summed E-state index contributed by atoms with van der Waals surface area (Å²) in [5.41, 5.74) is 1.19. The van der Waals surface area contributed by atoms with E-state index in [1.807, 2.05) is 19.1 Å². The first kappa shape index (κ1) is 20.4. The summed E-state index contributed by atoms with van der Waals surface area (Å²) in [7, 11) is 3.15. The van der Waals surface area contributed by atoms with Crippen LogP contribution in [0.5, 0.6) is 5.88 Å². The van der Waals surface area contributed by atoms with Crippen LogP contribution >= 0.6 is 11.6 Å². The Morgan fingerprint density at radius 1 is 1.54 bits per heavy atom. The third-order valence-corrected chi connectivity index (χ3v) is 5.47. The summed E-state index contributed by atoms with van der Waals surface area (Å²) in [4.78, 5) is 19.5. The summed E-state index contributed by atoms with van der Waals surface area (Å²) in [5, 5.41) is 0. The van der Waals surface area contributed by atoms with E-state index in [9.17, 15) is 9.18 Å². The average molecular weight is 408 g/mol. The molecule has 6 nitrogen and oxygen atoms in total. The normalized spacial score (nSPS) is 25.1. The maximum atomic E-state index is 14.8. The fourth-order valence-electron chi connectivity index (χ4n) is 3.51. The number of methoxy groups -OCH3 is 1. The molecule has 0 aromatic carbocycles. The number of aromatic nitrogens is 1. The quantitative estimate of drug-likeness (QED) is 0.436. The van der Waals surface area contributed by atoms with Gasteiger partial charge in [-0.05, 0) is 36.8 Å². The van der Waals surface area contributed by atoms with Crippen molar-refractivity contribution < 1.29 is 18.7 Å². The molecule has 28 heavy (non-hydrogen) atoms. The van der Waals surface area contributed by atoms with Crippen LogP contribution in [-0.2, 0) is 9.53 Å². The maximum absolute atomic E-state index is 14.8. The molecule has 1 unspecified atom stereocenters. The van der Waals surface area contributed by atoms with Crippen molar-refractivity contribution in [1.29, 1.82) is 0 Å². The van der Waals surface area contributed by atoms with Gasteiger partial charge in [-0.15, -0.1) is 0 Å². The second-order valence-corrected chi connectivity index (χ2v) is 7.08. The van der Waals surface area contributed by atoms with E-state index in [1.165, 1.54) is 19.4 Å². The standard InChI is InChI=1S/C20H23ClFN3O3/c1-5-17(26)25-8-9-28-19(12(25)2)13-10-15(24(3)16(21)11-13)14-6-7-23-20(27-4)18(14)22/h5-7,10-12,16,19H,1,8-9H2,2-4H3/t12-,16?,19+/m1/s1. The number of likely N-dealkylation sites (N-methyl/N-ethyl adjacent to an activating group) is 1. The highest BCUT2D eigenvalue weighted by molar-refractivity contribution is 6.22. The summed E-state index contributed by atoms with van der Waals surface area (Å²) in [6.07, 6.45) is 6.09. The molecule has 0 saturated carbocycles. The van der Waals surface area contributed by atoms with E-state index < -0.39 is 11.3 Å². The second-order valence-electron chi connectivity index (χ2n) is 6.63. The summed E-state index contributed by atoms with van der Waals surface area (Å²) < 4.78 is 25.7. The lowest BCUT2D eigenvalue weighted by atomic mass is 9.95. The van der Waals surface area contributed by atoms with E-state index in [1.54, 1.807) is 22.9 Å². The first-order valence-electron chi connectivity index (χ1n) is 8.92. The van der Waals surface area contributed by atoms with Gasteiger partial charge >= 0.3 is 0 Å². The molecule has 0 bridgehead atoms. The molecule has 3 rings (SSSR count). The van der Waals surface area contributed by atoms with Crippen LogP contribution in [-0.4, -0.2) is 65.6 Å². The molecule has 0 radical (unpaired) electrons. The van der Waals surface area contributed by atoms with Gasteiger partial charge in [-0.1, -0.05) is 18.2 Å². The Hall–Kier alpha value is -2.38. The summed E-state index contributed by atoms with van der Waals surface area (Å²) in [5.74, 6) is -0.792. The highest BCUT2D eigenvalue weighted by Gasteiger charge is 2.35. The topological polar surface area (TPSA) is 54.9 Å². The van der Waals surface area contributed by atoms with E-state index in [-0.39, 0.29) is 23.9 Å². The number of halogens is 2. The van der Waals surface area contributed by atoms with Crippen molar-refractivity contribution in [2.24, 2.45) is 0 Å². The van der Waals surface area contributed by atoms with Crippen LogP contribution in [0.15, 0.2) is 42.6 Å². The molecular formula is C20H23ClFN3O3. The fourth-order valence-corrected chi connectivity index (χ4v) is 3.76. The van der Waals surface area contributed by atoms with Gasteiger partial charge in [-0.2, -0.15) is 0 Å². The Balaban J connectivity index is 1.99. The Morgan fingerprint density at radius 3 is 2.96 bits per heavy atom. The number of hydrogen-bond donors (Lipinski definition) is 0. The zero-order valence-electron chi connectivity index (χ0n) is 16.1. The number of nitrogens with zero attached hydrogens (tertiary/aromatic N) is 3. The molecule has 0 N–H and O–H groups in total. The minimum absolute atomic E-state index is 0.0842. The van der Waals surface area contributed by atoms with E-state index in [4.69, 9.17) is 21.1 Å². The van der Waals surface area contributed by atoms with Gasteiger partial charge in [0.15, 0.2) is 5.82 Å². The molecule has 0 spiro atoms. The molecule has 150 valence electrons. The number of ether oxygens (including phenoxy) is 2. The smallest absolute Gasteiger partial charge is 0.250 e. The maximum Gasteiger partial charge on any atom is 0.250 e. The van der Waals surface area contributed by atoms with Crippen molar-refractivity contribution in [3.8, 4) is 5.88 Å². The first-order valence-corrected chi connectivity index (χ1v) is 9.36. The van der Waals surface area contributed by atoms with Crippen LogP contribution in [0.1, 0.15) is 12.5 Å². The van der Waals surface area contributed by atoms with Crippen LogP contribution < -0.4 is 4.74 Å². The second kappa shape index (κ2) is 8.32. The molecule has 1 aromatic rings. The van der Waals surface area contributed by atoms with Crippen molar-refractivity contribution in [3.63, 3.8) is 0 Å². The molecule has 0 aliphatic carbocycles. The Morgan fingerprint density at radius 2 is 2.29 bits per heavy atom. The van der Waals surface area contributed by atoms with Crippen LogP contribution in [0.25, 0.3) is 5.70 Å². The number of alkyl halides is 1. The number of hydrogen-bond acceptors (Lipinski definition) is 5. The fraction of sp³-hybridized carbons (Fsp3) is 0.400. The van der Waals surface area contributed by atoms with Crippen molar-refractivity contribution in [2.45, 2.75) is 24.6 Å². The molecule has 1 saturated heterocycles. The molecular weight excluding hydrogens is 385 g/mol. The van der Waals surface area contributed by atoms with Gasteiger partial charge in [0.25, 0.3) is 5.88 Å². The van der Waals surface area contributed by atoms with Crippen LogP contribution in [0, 0.1) is 5.82 Å². The number of rotatable bonds is 4. The molecule has 1 aromatic heterocycles. The Labute approximate surface area is 168 Å². The molecule has 2 aliphatic heterocycles. The lowest BCUT2D eigenvalue weighted by molar-refractivity contribution is -0.137. The van der Waals surface area contributed by atoms with Gasteiger partial charge in [0, 0.05) is 31.0 Å². The van der Waals surface area contributed by atoms with E-state index in [2.05, 4.69) is 11.6 Å². The lowest BCUT2D eigenvalue weighted by Crippen LogP contribution is -2.52. The highest BCUT2D eigenvalue weighted by Crippen LogP contribution is 2.35. The van der Waals surface area contributed by atoms with Crippen LogP contribution in [0.2, 0.25) is 0 Å². The molecule has 1 amide bonds. The number of carbonyl (C=O) groups is 1. The summed E-state index contributed by atoms with van der Waals surface area (Å²) >= 11 is 6.51. The number of pyridine rings is 1. The van der Waals surface area contributed by atoms with Crippen molar-refractivity contribution in [1.82, 2.24) is 14.8 Å². The predicted molar refractivity (Wildman–Crippen MR) is 105 cm³/mol. The number of carbonyl (C=O) groups excluding carboxylic acids is 1. The highest BCUT2D eigenvalue weighted by atomic mass is 35.5. The molecule has 8 heteroatoms. The zero-order valence-corrected chi connectivity index (χ0v) is 16.8.